The summed E-state index contributed by atoms with van der Waals surface area (Å²) in [6, 6.07) is 9.41. The zero-order valence-electron chi connectivity index (χ0n) is 16.8. The van der Waals surface area contributed by atoms with Crippen molar-refractivity contribution in [3.63, 3.8) is 0 Å². The monoisotopic (exact) mass is 397 g/mol. The highest BCUT2D eigenvalue weighted by molar-refractivity contribution is 6.26. The maximum atomic E-state index is 12.5. The van der Waals surface area contributed by atoms with Crippen molar-refractivity contribution in [2.24, 2.45) is 10.9 Å². The summed E-state index contributed by atoms with van der Waals surface area (Å²) in [5.41, 5.74) is 0.796. The number of benzene rings is 2. The Morgan fingerprint density at radius 3 is 2.52 bits per heavy atom. The summed E-state index contributed by atoms with van der Waals surface area (Å²) >= 11 is 0. The van der Waals surface area contributed by atoms with Gasteiger partial charge in [-0.1, -0.05) is 33.1 Å². The third-order valence-electron chi connectivity index (χ3n) is 5.26. The minimum absolute atomic E-state index is 0.0864. The lowest BCUT2D eigenvalue weighted by Crippen LogP contribution is -2.33. The number of ether oxygens (including phenoxy) is 1. The number of rotatable bonds is 8. The van der Waals surface area contributed by atoms with E-state index in [4.69, 9.17) is 4.74 Å². The Hall–Kier alpha value is -2.86. The van der Waals surface area contributed by atoms with Crippen molar-refractivity contribution in [3.05, 3.63) is 47.5 Å². The lowest BCUT2D eigenvalue weighted by molar-refractivity contribution is 0.0839. The van der Waals surface area contributed by atoms with Crippen molar-refractivity contribution >= 4 is 17.2 Å². The highest BCUT2D eigenvalue weighted by Gasteiger charge is 2.33. The fraction of sp³-hybridized carbons (Fsp3) is 0.391. The topological polar surface area (TPSA) is 99.4 Å². The molecule has 2 atom stereocenters. The van der Waals surface area contributed by atoms with Crippen LogP contribution in [0.25, 0.3) is 0 Å². The van der Waals surface area contributed by atoms with Gasteiger partial charge in [0, 0.05) is 12.1 Å². The van der Waals surface area contributed by atoms with Crippen molar-refractivity contribution in [1.82, 2.24) is 0 Å². The van der Waals surface area contributed by atoms with Crippen LogP contribution in [0.5, 0.6) is 17.2 Å². The number of aliphatic hydroxyl groups excluding tert-OH is 1. The number of aliphatic imine (C=N–C) groups is 1. The summed E-state index contributed by atoms with van der Waals surface area (Å²) in [6.45, 7) is 5.00. The molecule has 0 fully saturated rings. The summed E-state index contributed by atoms with van der Waals surface area (Å²) < 4.78 is 5.90. The summed E-state index contributed by atoms with van der Waals surface area (Å²) in [5, 5.41) is 30.0. The second-order valence-electron chi connectivity index (χ2n) is 7.37. The molecule has 0 spiro atoms. The molecule has 0 bridgehead atoms. The van der Waals surface area contributed by atoms with Gasteiger partial charge in [-0.05, 0) is 42.2 Å². The van der Waals surface area contributed by atoms with Crippen molar-refractivity contribution in [3.8, 4) is 17.2 Å². The molecule has 0 radical (unpaired) electrons. The van der Waals surface area contributed by atoms with Gasteiger partial charge in [-0.2, -0.15) is 0 Å². The van der Waals surface area contributed by atoms with Crippen LogP contribution in [0.1, 0.15) is 55.5 Å². The molecule has 6 heteroatoms. The quantitative estimate of drug-likeness (QED) is 0.614. The fourth-order valence-corrected chi connectivity index (χ4v) is 3.45. The number of carbonyl (C=O) groups is 1. The predicted octanol–water partition coefficient (Wildman–Crippen LogP) is 4.37. The van der Waals surface area contributed by atoms with Crippen molar-refractivity contribution in [1.29, 1.82) is 0 Å². The summed E-state index contributed by atoms with van der Waals surface area (Å²) in [6.07, 6.45) is 3.10. The number of ketones is 1. The Bertz CT molecular complexity index is 904. The van der Waals surface area contributed by atoms with Gasteiger partial charge in [0.25, 0.3) is 0 Å². The molecular weight excluding hydrogens is 370 g/mol. The number of phenolic OH excluding ortho intramolecular Hbond substituents is 2. The summed E-state index contributed by atoms with van der Waals surface area (Å²) in [5.74, 6) is -0.00946. The summed E-state index contributed by atoms with van der Waals surface area (Å²) in [4.78, 5) is 16.8. The molecule has 2 aromatic carbocycles. The average Bonchev–Trinajstić information content (AvgIpc) is 2.71. The standard InChI is InChI=1S/C23H27NO5/c1-3-5-6-14(4-2)13-29-17-9-7-15(8-10-17)21-23(28)22(27)20-18(24-21)11-16(25)12-19(20)26/h7-12,14,23,25-26,28H,3-6,13H2,1-2H3. The van der Waals surface area contributed by atoms with Gasteiger partial charge in [0.15, 0.2) is 6.10 Å². The van der Waals surface area contributed by atoms with Crippen molar-refractivity contribution < 1.29 is 24.9 Å². The highest BCUT2D eigenvalue weighted by atomic mass is 16.5. The molecule has 1 aliphatic rings. The van der Waals surface area contributed by atoms with E-state index in [0.29, 0.717) is 18.1 Å². The minimum Gasteiger partial charge on any atom is -0.508 e. The minimum atomic E-state index is -1.48. The van der Waals surface area contributed by atoms with Crippen LogP contribution >= 0.6 is 0 Å². The van der Waals surface area contributed by atoms with E-state index < -0.39 is 17.6 Å². The molecule has 2 aromatic rings. The predicted molar refractivity (Wildman–Crippen MR) is 112 cm³/mol. The van der Waals surface area contributed by atoms with Crippen LogP contribution in [0.4, 0.5) is 5.69 Å². The number of unbranched alkanes of at least 4 members (excludes halogenated alkanes) is 1. The maximum absolute atomic E-state index is 12.5. The number of hydrogen-bond donors (Lipinski definition) is 3. The van der Waals surface area contributed by atoms with E-state index in [1.54, 1.807) is 24.3 Å². The number of Topliss-reactive ketones (excluding diaryl/α,β-unsaturated/α-hetero) is 1. The van der Waals surface area contributed by atoms with Gasteiger partial charge in [0.2, 0.25) is 5.78 Å². The number of hydrogen-bond acceptors (Lipinski definition) is 6. The third-order valence-corrected chi connectivity index (χ3v) is 5.26. The number of aromatic hydroxyl groups is 2. The van der Waals surface area contributed by atoms with Crippen LogP contribution in [-0.4, -0.2) is 39.5 Å². The molecular formula is C23H27NO5. The normalized spacial score (nSPS) is 16.9. The third kappa shape index (κ3) is 4.59. The Morgan fingerprint density at radius 2 is 1.86 bits per heavy atom. The van der Waals surface area contributed by atoms with Crippen LogP contribution in [0.2, 0.25) is 0 Å². The van der Waals surface area contributed by atoms with Gasteiger partial charge in [-0.25, -0.2) is 4.99 Å². The number of carbonyl (C=O) groups excluding carboxylic acids is 1. The molecule has 154 valence electrons. The van der Waals surface area contributed by atoms with Crippen LogP contribution < -0.4 is 4.74 Å². The van der Waals surface area contributed by atoms with Crippen LogP contribution in [0, 0.1) is 5.92 Å². The van der Waals surface area contributed by atoms with Gasteiger partial charge >= 0.3 is 0 Å². The van der Waals surface area contributed by atoms with Gasteiger partial charge in [0.05, 0.1) is 23.6 Å². The molecule has 0 saturated carbocycles. The smallest absolute Gasteiger partial charge is 0.203 e. The molecule has 3 N–H and O–H groups in total. The second kappa shape index (κ2) is 9.09. The van der Waals surface area contributed by atoms with Crippen molar-refractivity contribution in [2.45, 2.75) is 45.6 Å². The largest absolute Gasteiger partial charge is 0.508 e. The summed E-state index contributed by atoms with van der Waals surface area (Å²) in [7, 11) is 0. The van der Waals surface area contributed by atoms with Gasteiger partial charge in [-0.15, -0.1) is 0 Å². The molecule has 0 saturated heterocycles. The Morgan fingerprint density at radius 1 is 1.14 bits per heavy atom. The average molecular weight is 397 g/mol. The van der Waals surface area contributed by atoms with E-state index in [-0.39, 0.29) is 22.7 Å². The Balaban J connectivity index is 1.78. The van der Waals surface area contributed by atoms with E-state index in [1.807, 2.05) is 0 Å². The first-order chi connectivity index (χ1) is 13.9. The van der Waals surface area contributed by atoms with Gasteiger partial charge in [-0.3, -0.25) is 4.79 Å². The van der Waals surface area contributed by atoms with Crippen LogP contribution in [-0.2, 0) is 0 Å². The maximum Gasteiger partial charge on any atom is 0.203 e. The molecule has 0 aromatic heterocycles. The van der Waals surface area contributed by atoms with Crippen LogP contribution in [0.3, 0.4) is 0 Å². The van der Waals surface area contributed by atoms with Crippen molar-refractivity contribution in [2.75, 3.05) is 6.61 Å². The molecule has 1 heterocycles. The number of phenols is 2. The van der Waals surface area contributed by atoms with E-state index >= 15 is 0 Å². The first-order valence-corrected chi connectivity index (χ1v) is 10.0. The zero-order chi connectivity index (χ0) is 21.0. The molecule has 29 heavy (non-hydrogen) atoms. The fourth-order valence-electron chi connectivity index (χ4n) is 3.45. The van der Waals surface area contributed by atoms with E-state index in [2.05, 4.69) is 18.8 Å². The lowest BCUT2D eigenvalue weighted by Gasteiger charge is -2.21. The first kappa shape index (κ1) is 20.9. The van der Waals surface area contributed by atoms with Gasteiger partial charge in [0.1, 0.15) is 17.2 Å². The zero-order valence-corrected chi connectivity index (χ0v) is 16.8. The Kier molecular flexibility index (Phi) is 6.54. The SMILES string of the molecule is CCCCC(CC)COc1ccc(C2=Nc3cc(O)cc(O)c3C(=O)C2O)cc1. The van der Waals surface area contributed by atoms with E-state index in [9.17, 15) is 20.1 Å². The molecule has 1 aliphatic heterocycles. The molecule has 3 rings (SSSR count). The van der Waals surface area contributed by atoms with Gasteiger partial charge < -0.3 is 20.1 Å². The molecule has 2 unspecified atom stereocenters. The second-order valence-corrected chi connectivity index (χ2v) is 7.37. The van der Waals surface area contributed by atoms with E-state index in [0.717, 1.165) is 24.7 Å². The highest BCUT2D eigenvalue weighted by Crippen LogP contribution is 2.37. The van der Waals surface area contributed by atoms with E-state index in [1.165, 1.54) is 18.9 Å². The molecule has 0 amide bonds. The first-order valence-electron chi connectivity index (χ1n) is 10.0. The number of fused-ring (bicyclic) bond motifs is 1. The molecule has 0 aliphatic carbocycles. The number of nitrogens with zero attached hydrogens (tertiary/aromatic N) is 1. The Labute approximate surface area is 170 Å². The molecule has 6 nitrogen and oxygen atoms in total. The van der Waals surface area contributed by atoms with Crippen LogP contribution in [0.15, 0.2) is 41.4 Å². The number of aliphatic hydroxyl groups is 1. The lowest BCUT2D eigenvalue weighted by atomic mass is 9.93.